The van der Waals surface area contributed by atoms with E-state index in [-0.39, 0.29) is 23.7 Å². The zero-order chi connectivity index (χ0) is 25.8. The maximum absolute atomic E-state index is 13.5. The maximum atomic E-state index is 13.5. The van der Waals surface area contributed by atoms with Crippen LogP contribution in [0.3, 0.4) is 0 Å². The zero-order valence-electron chi connectivity index (χ0n) is 19.1. The Hall–Kier alpha value is -3.21. The molecule has 1 amide bonds. The number of alkyl halides is 3. The number of fused-ring (bicyclic) bond motifs is 1. The molecule has 1 N–H and O–H groups in total. The van der Waals surface area contributed by atoms with Crippen LogP contribution in [0.4, 0.5) is 17.6 Å². The van der Waals surface area contributed by atoms with Gasteiger partial charge in [-0.3, -0.25) is 4.79 Å². The van der Waals surface area contributed by atoms with Crippen molar-refractivity contribution in [2.45, 2.75) is 52.0 Å². The number of carbonyl (C=O) groups is 2. The van der Waals surface area contributed by atoms with E-state index in [1.165, 1.54) is 6.07 Å². The molecule has 35 heavy (non-hydrogen) atoms. The van der Waals surface area contributed by atoms with Gasteiger partial charge in [-0.25, -0.2) is 14.2 Å². The topological polar surface area (TPSA) is 75.4 Å². The third-order valence-electron chi connectivity index (χ3n) is 5.53. The monoisotopic (exact) mass is 511 g/mol. The number of aryl methyl sites for hydroxylation is 1. The van der Waals surface area contributed by atoms with Gasteiger partial charge in [0, 0.05) is 41.2 Å². The van der Waals surface area contributed by atoms with E-state index in [1.807, 2.05) is 35.5 Å². The Labute approximate surface area is 203 Å². The third kappa shape index (κ3) is 6.91. The molecule has 1 unspecified atom stereocenters. The Kier molecular flexibility index (Phi) is 8.31. The van der Waals surface area contributed by atoms with Crippen molar-refractivity contribution in [3.05, 3.63) is 65.3 Å². The largest absolute Gasteiger partial charge is 0.490 e. The van der Waals surface area contributed by atoms with Gasteiger partial charge in [0.25, 0.3) is 0 Å². The van der Waals surface area contributed by atoms with Crippen molar-refractivity contribution in [2.75, 3.05) is 0 Å². The van der Waals surface area contributed by atoms with E-state index >= 15 is 0 Å². The Morgan fingerprint density at radius 1 is 1.26 bits per heavy atom. The van der Waals surface area contributed by atoms with E-state index in [0.717, 1.165) is 34.0 Å². The molecule has 3 heterocycles. The summed E-state index contributed by atoms with van der Waals surface area (Å²) in [6.07, 6.45) is 0.372. The van der Waals surface area contributed by atoms with Gasteiger partial charge in [0.1, 0.15) is 11.6 Å². The number of carbonyl (C=O) groups excluding carboxylic acids is 1. The van der Waals surface area contributed by atoms with Gasteiger partial charge in [0.05, 0.1) is 12.5 Å². The summed E-state index contributed by atoms with van der Waals surface area (Å²) in [6, 6.07) is 10.8. The number of benzene rings is 1. The van der Waals surface area contributed by atoms with Crippen LogP contribution in [0.1, 0.15) is 31.0 Å². The Morgan fingerprint density at radius 3 is 2.60 bits per heavy atom. The molecule has 0 spiro atoms. The number of halogens is 4. The highest BCUT2D eigenvalue weighted by Crippen LogP contribution is 2.30. The van der Waals surface area contributed by atoms with E-state index in [0.29, 0.717) is 13.1 Å². The highest BCUT2D eigenvalue weighted by molar-refractivity contribution is 7.15. The molecule has 1 aliphatic heterocycles. The van der Waals surface area contributed by atoms with Gasteiger partial charge in [-0.15, -0.1) is 11.3 Å². The van der Waals surface area contributed by atoms with Crippen LogP contribution in [-0.2, 0) is 29.1 Å². The van der Waals surface area contributed by atoms with Crippen LogP contribution in [0.15, 0.2) is 48.8 Å². The number of amides is 1. The van der Waals surface area contributed by atoms with Crippen molar-refractivity contribution in [1.29, 1.82) is 0 Å². The van der Waals surface area contributed by atoms with Gasteiger partial charge >= 0.3 is 12.1 Å². The number of carboxylic acids is 1. The van der Waals surface area contributed by atoms with Gasteiger partial charge in [-0.05, 0) is 50.1 Å². The number of nitrogens with zero attached hydrogens (tertiary/aromatic N) is 3. The molecule has 0 saturated carbocycles. The standard InChI is InChI=1S/C22H24FN3OS.C2HF3O2/c1-15(2)26(22(27)17-6-9-21-24-10-11-25(21)13-17)14-19-7-8-20(28-19)16-4-3-5-18(23)12-16;3-2(4,5)1(6)7/h3-5,7-8,10-12,15,17H,6,9,13-14H2,1-2H3;(H,6,7). The van der Waals surface area contributed by atoms with Crippen molar-refractivity contribution < 1.29 is 32.3 Å². The lowest BCUT2D eigenvalue weighted by molar-refractivity contribution is -0.192. The molecule has 6 nitrogen and oxygen atoms in total. The summed E-state index contributed by atoms with van der Waals surface area (Å²) in [4.78, 5) is 30.6. The number of thiophene rings is 1. The van der Waals surface area contributed by atoms with Crippen molar-refractivity contribution in [3.8, 4) is 10.4 Å². The van der Waals surface area contributed by atoms with E-state index in [2.05, 4.69) is 23.4 Å². The van der Waals surface area contributed by atoms with Crippen molar-refractivity contribution in [3.63, 3.8) is 0 Å². The van der Waals surface area contributed by atoms with E-state index in [1.54, 1.807) is 23.5 Å². The van der Waals surface area contributed by atoms with Crippen molar-refractivity contribution in [2.24, 2.45) is 5.92 Å². The minimum Gasteiger partial charge on any atom is -0.475 e. The number of aromatic nitrogens is 2. The van der Waals surface area contributed by atoms with E-state index in [9.17, 15) is 22.4 Å². The second-order valence-electron chi connectivity index (χ2n) is 8.37. The highest BCUT2D eigenvalue weighted by atomic mass is 32.1. The van der Waals surface area contributed by atoms with E-state index < -0.39 is 12.1 Å². The second kappa shape index (κ2) is 11.0. The minimum absolute atomic E-state index is 0.00764. The van der Waals surface area contributed by atoms with Crippen LogP contribution in [-0.4, -0.2) is 43.7 Å². The zero-order valence-corrected chi connectivity index (χ0v) is 19.9. The van der Waals surface area contributed by atoms with Gasteiger partial charge in [-0.1, -0.05) is 12.1 Å². The van der Waals surface area contributed by atoms with Crippen LogP contribution in [0.25, 0.3) is 10.4 Å². The van der Waals surface area contributed by atoms with Crippen molar-refractivity contribution in [1.82, 2.24) is 14.5 Å². The SMILES string of the molecule is CC(C)N(Cc1ccc(-c2cccc(F)c2)s1)C(=O)C1CCc2nccn2C1.O=C(O)C(F)(F)F. The van der Waals surface area contributed by atoms with Crippen LogP contribution >= 0.6 is 11.3 Å². The van der Waals surface area contributed by atoms with Gasteiger partial charge in [0.15, 0.2) is 0 Å². The number of hydrogen-bond donors (Lipinski definition) is 1. The predicted octanol–water partition coefficient (Wildman–Crippen LogP) is 5.38. The Bertz CT molecular complexity index is 1170. The fourth-order valence-corrected chi connectivity index (χ4v) is 4.75. The summed E-state index contributed by atoms with van der Waals surface area (Å²) in [5.41, 5.74) is 0.874. The summed E-state index contributed by atoms with van der Waals surface area (Å²) in [7, 11) is 0. The number of rotatable bonds is 5. The quantitative estimate of drug-likeness (QED) is 0.467. The van der Waals surface area contributed by atoms with Crippen LogP contribution in [0.2, 0.25) is 0 Å². The molecule has 1 aliphatic rings. The molecule has 0 aliphatic carbocycles. The summed E-state index contributed by atoms with van der Waals surface area (Å²) >= 11 is 1.62. The van der Waals surface area contributed by atoms with Gasteiger partial charge in [0.2, 0.25) is 5.91 Å². The molecule has 1 atom stereocenters. The molecule has 4 rings (SSSR count). The lowest BCUT2D eigenvalue weighted by Gasteiger charge is -2.32. The molecular weight excluding hydrogens is 486 g/mol. The van der Waals surface area contributed by atoms with Crippen molar-refractivity contribution >= 4 is 23.2 Å². The summed E-state index contributed by atoms with van der Waals surface area (Å²) in [6.45, 7) is 5.41. The molecule has 0 saturated heterocycles. The number of imidazole rings is 1. The average molecular weight is 512 g/mol. The third-order valence-corrected chi connectivity index (χ3v) is 6.65. The summed E-state index contributed by atoms with van der Waals surface area (Å²) < 4.78 is 47.3. The predicted molar refractivity (Wildman–Crippen MR) is 123 cm³/mol. The smallest absolute Gasteiger partial charge is 0.475 e. The lowest BCUT2D eigenvalue weighted by atomic mass is 9.97. The average Bonchev–Trinajstić information content (AvgIpc) is 3.45. The fourth-order valence-electron chi connectivity index (χ4n) is 3.75. The highest BCUT2D eigenvalue weighted by Gasteiger charge is 2.38. The van der Waals surface area contributed by atoms with Gasteiger partial charge < -0.3 is 14.6 Å². The molecular formula is C24H25F4N3O3S. The summed E-state index contributed by atoms with van der Waals surface area (Å²) in [5, 5.41) is 7.12. The first-order chi connectivity index (χ1) is 16.5. The molecule has 2 aromatic heterocycles. The fraction of sp³-hybridized carbons (Fsp3) is 0.375. The van der Waals surface area contributed by atoms with Crippen LogP contribution in [0, 0.1) is 11.7 Å². The molecule has 11 heteroatoms. The second-order valence-corrected chi connectivity index (χ2v) is 9.54. The lowest BCUT2D eigenvalue weighted by Crippen LogP contribution is -2.42. The first-order valence-electron chi connectivity index (χ1n) is 10.9. The molecule has 0 radical (unpaired) electrons. The minimum atomic E-state index is -5.08. The first kappa shape index (κ1) is 26.4. The number of hydrogen-bond acceptors (Lipinski definition) is 4. The molecule has 0 bridgehead atoms. The molecule has 1 aromatic carbocycles. The van der Waals surface area contributed by atoms with Gasteiger partial charge in [-0.2, -0.15) is 13.2 Å². The van der Waals surface area contributed by atoms with Crippen LogP contribution < -0.4 is 0 Å². The summed E-state index contributed by atoms with van der Waals surface area (Å²) in [5.74, 6) is -1.73. The Morgan fingerprint density at radius 2 is 1.97 bits per heavy atom. The first-order valence-corrected chi connectivity index (χ1v) is 11.7. The number of carboxylic acid groups (broad SMARTS) is 1. The maximum Gasteiger partial charge on any atom is 0.490 e. The van der Waals surface area contributed by atoms with E-state index in [4.69, 9.17) is 9.90 Å². The molecule has 0 fully saturated rings. The number of aliphatic carboxylic acids is 1. The van der Waals surface area contributed by atoms with Crippen LogP contribution in [0.5, 0.6) is 0 Å². The Balaban J connectivity index is 0.000000429. The molecule has 188 valence electrons. The normalized spacial score (nSPS) is 15.2. The molecule has 3 aromatic rings.